The SMILES string of the molecule is CC(C)[Si]1(C(C)C)O[C@H]2C[C@H](CO)[C@H](C2)O[Si](C(C)C)(C(C)C)O1. The average molecular weight is 375 g/mol. The highest BCUT2D eigenvalue weighted by Gasteiger charge is 2.60. The Kier molecular flexibility index (Phi) is 6.42. The monoisotopic (exact) mass is 374 g/mol. The van der Waals surface area contributed by atoms with Gasteiger partial charge in [0, 0.05) is 12.5 Å². The summed E-state index contributed by atoms with van der Waals surface area (Å²) in [7, 11) is -4.90. The summed E-state index contributed by atoms with van der Waals surface area (Å²) in [5, 5.41) is 9.84. The zero-order valence-electron chi connectivity index (χ0n) is 16.8. The molecule has 1 saturated carbocycles. The van der Waals surface area contributed by atoms with Crippen molar-refractivity contribution in [2.75, 3.05) is 6.61 Å². The molecule has 0 radical (unpaired) electrons. The second kappa shape index (κ2) is 7.49. The molecule has 4 nitrogen and oxygen atoms in total. The Hall–Kier alpha value is 0.274. The molecule has 0 aromatic heterocycles. The molecule has 1 aliphatic heterocycles. The van der Waals surface area contributed by atoms with Crippen molar-refractivity contribution in [2.24, 2.45) is 5.92 Å². The topological polar surface area (TPSA) is 47.9 Å². The number of aliphatic hydroxyl groups excluding tert-OH is 1. The minimum atomic E-state index is -2.47. The summed E-state index contributed by atoms with van der Waals surface area (Å²) in [6.45, 7) is 18.2. The smallest absolute Gasteiger partial charge is 0.334 e. The van der Waals surface area contributed by atoms with Crippen LogP contribution < -0.4 is 0 Å². The van der Waals surface area contributed by atoms with Gasteiger partial charge in [0.15, 0.2) is 0 Å². The van der Waals surface area contributed by atoms with E-state index in [0.29, 0.717) is 22.2 Å². The molecule has 2 bridgehead atoms. The fraction of sp³-hybridized carbons (Fsp3) is 1.00. The number of aliphatic hydroxyl groups is 1. The van der Waals surface area contributed by atoms with E-state index in [4.69, 9.17) is 13.0 Å². The Morgan fingerprint density at radius 3 is 1.67 bits per heavy atom. The third-order valence-corrected chi connectivity index (χ3v) is 16.4. The van der Waals surface area contributed by atoms with E-state index in [-0.39, 0.29) is 24.7 Å². The van der Waals surface area contributed by atoms with Gasteiger partial charge in [0.25, 0.3) is 0 Å². The van der Waals surface area contributed by atoms with Crippen molar-refractivity contribution >= 4 is 17.1 Å². The third-order valence-electron chi connectivity index (χ3n) is 6.05. The van der Waals surface area contributed by atoms with Crippen LogP contribution >= 0.6 is 0 Å². The lowest BCUT2D eigenvalue weighted by Crippen LogP contribution is -2.63. The lowest BCUT2D eigenvalue weighted by molar-refractivity contribution is 0.0477. The van der Waals surface area contributed by atoms with Gasteiger partial charge in [-0.2, -0.15) is 0 Å². The Bertz CT molecular complexity index is 409. The summed E-state index contributed by atoms with van der Waals surface area (Å²) < 4.78 is 20.8. The predicted octanol–water partition coefficient (Wildman–Crippen LogP) is 4.71. The van der Waals surface area contributed by atoms with Crippen LogP contribution in [0.15, 0.2) is 0 Å². The molecule has 3 atom stereocenters. The van der Waals surface area contributed by atoms with Crippen molar-refractivity contribution in [3.05, 3.63) is 0 Å². The fourth-order valence-corrected chi connectivity index (χ4v) is 16.0. The summed E-state index contributed by atoms with van der Waals surface area (Å²) in [6, 6.07) is 0. The van der Waals surface area contributed by atoms with E-state index in [1.165, 1.54) is 0 Å². The quantitative estimate of drug-likeness (QED) is 0.708. The van der Waals surface area contributed by atoms with Crippen LogP contribution in [0.3, 0.4) is 0 Å². The maximum absolute atomic E-state index is 9.84. The van der Waals surface area contributed by atoms with E-state index in [1.807, 2.05) is 0 Å². The van der Waals surface area contributed by atoms with Crippen LogP contribution in [0.1, 0.15) is 68.2 Å². The summed E-state index contributed by atoms with van der Waals surface area (Å²) in [4.78, 5) is 0. The maximum atomic E-state index is 9.84. The van der Waals surface area contributed by atoms with Crippen LogP contribution in [0.5, 0.6) is 0 Å². The molecule has 0 unspecified atom stereocenters. The molecule has 1 N–H and O–H groups in total. The largest absolute Gasteiger partial charge is 0.414 e. The standard InChI is InChI=1S/C18H38O4Si2/c1-12(2)23(13(3)4)20-17-9-16(11-19)18(10-17)21-24(22-23,14(5)6)15(7)8/h12-19H,9-11H2,1-8H3/t16-,17+,18+/m1/s1. The minimum absolute atomic E-state index is 0.0859. The van der Waals surface area contributed by atoms with Crippen molar-refractivity contribution in [3.8, 4) is 0 Å². The molecule has 0 amide bonds. The molecule has 0 aromatic rings. The Morgan fingerprint density at radius 1 is 0.792 bits per heavy atom. The number of hydrogen-bond donors (Lipinski definition) is 1. The van der Waals surface area contributed by atoms with E-state index in [0.717, 1.165) is 12.8 Å². The number of hydrogen-bond acceptors (Lipinski definition) is 4. The Morgan fingerprint density at radius 2 is 1.25 bits per heavy atom. The Labute approximate surface area is 150 Å². The van der Waals surface area contributed by atoms with Gasteiger partial charge < -0.3 is 18.1 Å². The first-order valence-corrected chi connectivity index (χ1v) is 13.7. The van der Waals surface area contributed by atoms with E-state index in [1.54, 1.807) is 0 Å². The third kappa shape index (κ3) is 3.42. The van der Waals surface area contributed by atoms with Crippen LogP contribution in [0.4, 0.5) is 0 Å². The van der Waals surface area contributed by atoms with Crippen LogP contribution in [-0.2, 0) is 13.0 Å². The molecule has 2 aliphatic rings. The van der Waals surface area contributed by atoms with E-state index >= 15 is 0 Å². The van der Waals surface area contributed by atoms with Gasteiger partial charge in [-0.1, -0.05) is 55.4 Å². The summed E-state index contributed by atoms with van der Waals surface area (Å²) >= 11 is 0. The minimum Gasteiger partial charge on any atom is -0.414 e. The molecule has 142 valence electrons. The molecule has 0 spiro atoms. The zero-order chi connectivity index (χ0) is 18.3. The average Bonchev–Trinajstić information content (AvgIpc) is 2.85. The summed E-state index contributed by atoms with van der Waals surface area (Å²) in [6.07, 6.45) is 2.08. The van der Waals surface area contributed by atoms with Crippen molar-refractivity contribution in [2.45, 2.75) is 103 Å². The molecule has 1 saturated heterocycles. The van der Waals surface area contributed by atoms with Crippen LogP contribution in [-0.4, -0.2) is 41.0 Å². The lowest BCUT2D eigenvalue weighted by Gasteiger charge is -2.51. The molecule has 24 heavy (non-hydrogen) atoms. The van der Waals surface area contributed by atoms with Gasteiger partial charge in [0.2, 0.25) is 0 Å². The number of rotatable bonds is 5. The van der Waals surface area contributed by atoms with Crippen molar-refractivity contribution in [1.29, 1.82) is 0 Å². The molecule has 0 aromatic carbocycles. The first kappa shape index (κ1) is 20.6. The normalized spacial score (nSPS) is 32.6. The van der Waals surface area contributed by atoms with Crippen molar-refractivity contribution in [1.82, 2.24) is 0 Å². The van der Waals surface area contributed by atoms with Gasteiger partial charge in [-0.25, -0.2) is 0 Å². The van der Waals surface area contributed by atoms with Gasteiger partial charge in [-0.3, -0.25) is 0 Å². The molecular formula is C18H38O4Si2. The van der Waals surface area contributed by atoms with E-state index < -0.39 is 17.1 Å². The summed E-state index contributed by atoms with van der Waals surface area (Å²) in [5.74, 6) is 0.187. The van der Waals surface area contributed by atoms with Crippen molar-refractivity contribution < 1.29 is 18.1 Å². The van der Waals surface area contributed by atoms with Crippen LogP contribution in [0, 0.1) is 5.92 Å². The summed E-state index contributed by atoms with van der Waals surface area (Å²) in [5.41, 5.74) is 1.49. The van der Waals surface area contributed by atoms with Gasteiger partial charge >= 0.3 is 17.1 Å². The van der Waals surface area contributed by atoms with E-state index in [9.17, 15) is 5.11 Å². The molecule has 1 heterocycles. The Balaban J connectivity index is 2.53. The van der Waals surface area contributed by atoms with Crippen LogP contribution in [0.25, 0.3) is 0 Å². The highest BCUT2D eigenvalue weighted by atomic mass is 28.5. The van der Waals surface area contributed by atoms with Gasteiger partial charge in [0.1, 0.15) is 0 Å². The van der Waals surface area contributed by atoms with Gasteiger partial charge in [-0.05, 0) is 35.0 Å². The second-order valence-corrected chi connectivity index (χ2v) is 17.8. The predicted molar refractivity (Wildman–Crippen MR) is 103 cm³/mol. The lowest BCUT2D eigenvalue weighted by atomic mass is 10.1. The van der Waals surface area contributed by atoms with Crippen molar-refractivity contribution in [3.63, 3.8) is 0 Å². The molecule has 6 heteroatoms. The highest BCUT2D eigenvalue weighted by Crippen LogP contribution is 2.50. The molecule has 1 aliphatic carbocycles. The van der Waals surface area contributed by atoms with Crippen LogP contribution in [0.2, 0.25) is 22.2 Å². The highest BCUT2D eigenvalue weighted by molar-refractivity contribution is 6.84. The maximum Gasteiger partial charge on any atom is 0.334 e. The van der Waals surface area contributed by atoms with Gasteiger partial charge in [0.05, 0.1) is 12.2 Å². The molecule has 2 fully saturated rings. The zero-order valence-corrected chi connectivity index (χ0v) is 18.8. The second-order valence-electron chi connectivity index (χ2n) is 8.97. The first-order valence-electron chi connectivity index (χ1n) is 9.75. The van der Waals surface area contributed by atoms with Gasteiger partial charge in [-0.15, -0.1) is 0 Å². The number of fused-ring (bicyclic) bond motifs is 2. The fourth-order valence-electron chi connectivity index (χ4n) is 4.61. The first-order chi connectivity index (χ1) is 11.1. The van der Waals surface area contributed by atoms with E-state index in [2.05, 4.69) is 55.4 Å². The molecule has 2 rings (SSSR count). The molecular weight excluding hydrogens is 336 g/mol.